The Labute approximate surface area is 154 Å². The molecule has 2 heterocycles. The number of thiophene rings is 1. The quantitative estimate of drug-likeness (QED) is 0.520. The fourth-order valence-corrected chi connectivity index (χ4v) is 4.09. The van der Waals surface area contributed by atoms with Crippen molar-refractivity contribution in [3.63, 3.8) is 0 Å². The Hall–Kier alpha value is -2.12. The third kappa shape index (κ3) is 3.93. The molecule has 1 unspecified atom stereocenters. The van der Waals surface area contributed by atoms with Gasteiger partial charge in [0.1, 0.15) is 4.70 Å². The number of amides is 1. The Balaban J connectivity index is 1.82. The van der Waals surface area contributed by atoms with Crippen molar-refractivity contribution in [1.29, 1.82) is 0 Å². The minimum atomic E-state index is -0.119. The summed E-state index contributed by atoms with van der Waals surface area (Å²) in [5.41, 5.74) is 1.43. The average Bonchev–Trinajstić information content (AvgIpc) is 3.09. The van der Waals surface area contributed by atoms with Gasteiger partial charge in [0.15, 0.2) is 5.16 Å². The molecule has 1 amide bonds. The fourth-order valence-electron chi connectivity index (χ4n) is 2.43. The van der Waals surface area contributed by atoms with Crippen LogP contribution in [0.2, 0.25) is 0 Å². The number of aromatic nitrogens is 2. The first-order valence-corrected chi connectivity index (χ1v) is 9.94. The van der Waals surface area contributed by atoms with E-state index in [9.17, 15) is 9.59 Å². The van der Waals surface area contributed by atoms with Crippen molar-refractivity contribution >= 4 is 44.9 Å². The van der Waals surface area contributed by atoms with Crippen LogP contribution in [0.5, 0.6) is 0 Å². The van der Waals surface area contributed by atoms with Crippen molar-refractivity contribution in [2.75, 3.05) is 11.1 Å². The van der Waals surface area contributed by atoms with E-state index in [4.69, 9.17) is 0 Å². The minimum Gasteiger partial charge on any atom is -0.325 e. The van der Waals surface area contributed by atoms with Gasteiger partial charge in [0.25, 0.3) is 5.56 Å². The third-order valence-electron chi connectivity index (χ3n) is 3.90. The lowest BCUT2D eigenvalue weighted by molar-refractivity contribution is -0.113. The highest BCUT2D eigenvalue weighted by Crippen LogP contribution is 2.24. The summed E-state index contributed by atoms with van der Waals surface area (Å²) >= 11 is 2.70. The van der Waals surface area contributed by atoms with Crippen LogP contribution < -0.4 is 10.9 Å². The van der Waals surface area contributed by atoms with Crippen LogP contribution >= 0.6 is 23.1 Å². The van der Waals surface area contributed by atoms with Gasteiger partial charge in [-0.3, -0.25) is 14.2 Å². The largest absolute Gasteiger partial charge is 0.325 e. The summed E-state index contributed by atoms with van der Waals surface area (Å²) in [7, 11) is 0. The molecule has 0 bridgehead atoms. The number of para-hydroxylation sites is 1. The zero-order valence-corrected chi connectivity index (χ0v) is 15.7. The molecule has 2 aromatic heterocycles. The van der Waals surface area contributed by atoms with Crippen LogP contribution in [0.15, 0.2) is 51.7 Å². The number of carbonyl (C=O) groups excluding carboxylic acids is 1. The smallest absolute Gasteiger partial charge is 0.272 e. The maximum absolute atomic E-state index is 12.8. The van der Waals surface area contributed by atoms with Gasteiger partial charge >= 0.3 is 0 Å². The molecular weight excluding hydrogens is 354 g/mol. The topological polar surface area (TPSA) is 64.0 Å². The molecule has 3 rings (SSSR count). The lowest BCUT2D eigenvalue weighted by atomic mass is 10.2. The molecule has 130 valence electrons. The number of nitrogens with zero attached hydrogens (tertiary/aromatic N) is 2. The van der Waals surface area contributed by atoms with Gasteiger partial charge in [-0.15, -0.1) is 11.3 Å². The highest BCUT2D eigenvalue weighted by atomic mass is 32.2. The zero-order valence-electron chi connectivity index (χ0n) is 14.1. The third-order valence-corrected chi connectivity index (χ3v) is 5.75. The van der Waals surface area contributed by atoms with Crippen LogP contribution in [0.4, 0.5) is 5.69 Å². The van der Waals surface area contributed by atoms with Crippen LogP contribution in [-0.2, 0) is 4.79 Å². The summed E-state index contributed by atoms with van der Waals surface area (Å²) in [5, 5.41) is 5.31. The standard InChI is InChI=1S/C18H19N3O2S2/c1-3-12(2)21-17(23)16-14(9-10-24-16)20-18(21)25-11-15(22)19-13-7-5-4-6-8-13/h4-10,12H,3,11H2,1-2H3,(H,19,22). The molecule has 5 nitrogen and oxygen atoms in total. The summed E-state index contributed by atoms with van der Waals surface area (Å²) in [5.74, 6) is 0.0829. The lowest BCUT2D eigenvalue weighted by Gasteiger charge is -2.17. The number of carbonyl (C=O) groups is 1. The monoisotopic (exact) mass is 373 g/mol. The molecule has 0 saturated carbocycles. The number of fused-ring (bicyclic) bond motifs is 1. The first-order chi connectivity index (χ1) is 12.1. The number of benzene rings is 1. The van der Waals surface area contributed by atoms with Crippen LogP contribution in [0.3, 0.4) is 0 Å². The molecule has 0 aliphatic carbocycles. The van der Waals surface area contributed by atoms with Gasteiger partial charge in [0, 0.05) is 11.7 Å². The van der Waals surface area contributed by atoms with Crippen molar-refractivity contribution in [2.45, 2.75) is 31.5 Å². The number of hydrogen-bond donors (Lipinski definition) is 1. The highest BCUT2D eigenvalue weighted by Gasteiger charge is 2.17. The van der Waals surface area contributed by atoms with Crippen LogP contribution in [0, 0.1) is 0 Å². The average molecular weight is 374 g/mol. The van der Waals surface area contributed by atoms with Gasteiger partial charge in [-0.2, -0.15) is 0 Å². The zero-order chi connectivity index (χ0) is 17.8. The molecule has 25 heavy (non-hydrogen) atoms. The molecule has 0 radical (unpaired) electrons. The van der Waals surface area contributed by atoms with E-state index < -0.39 is 0 Å². The second kappa shape index (κ2) is 7.84. The molecule has 0 spiro atoms. The number of hydrogen-bond acceptors (Lipinski definition) is 5. The molecule has 3 aromatic rings. The summed E-state index contributed by atoms with van der Waals surface area (Å²) in [6.07, 6.45) is 0.822. The van der Waals surface area contributed by atoms with E-state index in [0.29, 0.717) is 15.4 Å². The van der Waals surface area contributed by atoms with Crippen molar-refractivity contribution in [1.82, 2.24) is 9.55 Å². The van der Waals surface area contributed by atoms with Crippen molar-refractivity contribution in [3.8, 4) is 0 Å². The van der Waals surface area contributed by atoms with Crippen molar-refractivity contribution < 1.29 is 4.79 Å². The Morgan fingerprint density at radius 2 is 2.08 bits per heavy atom. The number of thioether (sulfide) groups is 1. The number of rotatable bonds is 6. The highest BCUT2D eigenvalue weighted by molar-refractivity contribution is 7.99. The first-order valence-electron chi connectivity index (χ1n) is 8.07. The second-order valence-electron chi connectivity index (χ2n) is 5.66. The van der Waals surface area contributed by atoms with Crippen LogP contribution in [0.25, 0.3) is 10.2 Å². The number of anilines is 1. The predicted molar refractivity (Wildman–Crippen MR) is 105 cm³/mol. The summed E-state index contributed by atoms with van der Waals surface area (Å²) in [4.78, 5) is 29.6. The van der Waals surface area contributed by atoms with Gasteiger partial charge in [0.2, 0.25) is 5.91 Å². The van der Waals surface area contributed by atoms with Crippen LogP contribution in [-0.4, -0.2) is 21.2 Å². The summed E-state index contributed by atoms with van der Waals surface area (Å²) < 4.78 is 2.37. The van der Waals surface area contributed by atoms with E-state index in [1.807, 2.05) is 55.6 Å². The first kappa shape index (κ1) is 17.7. The van der Waals surface area contributed by atoms with Crippen molar-refractivity contribution in [2.24, 2.45) is 0 Å². The van der Waals surface area contributed by atoms with E-state index in [1.54, 1.807) is 4.57 Å². The maximum atomic E-state index is 12.8. The molecule has 7 heteroatoms. The van der Waals surface area contributed by atoms with Gasteiger partial charge in [0.05, 0.1) is 11.3 Å². The summed E-state index contributed by atoms with van der Waals surface area (Å²) in [6, 6.07) is 11.2. The van der Waals surface area contributed by atoms with Gasteiger partial charge in [-0.1, -0.05) is 36.9 Å². The van der Waals surface area contributed by atoms with Gasteiger partial charge in [-0.05, 0) is 36.9 Å². The van der Waals surface area contributed by atoms with E-state index in [-0.39, 0.29) is 23.3 Å². The normalized spacial score (nSPS) is 12.2. The molecule has 0 fully saturated rings. The SMILES string of the molecule is CCC(C)n1c(SCC(=O)Nc2ccccc2)nc2ccsc2c1=O. The molecular formula is C18H19N3O2S2. The lowest BCUT2D eigenvalue weighted by Crippen LogP contribution is -2.26. The van der Waals surface area contributed by atoms with E-state index in [2.05, 4.69) is 10.3 Å². The van der Waals surface area contributed by atoms with E-state index in [0.717, 1.165) is 12.1 Å². The Morgan fingerprint density at radius 1 is 1.32 bits per heavy atom. The fraction of sp³-hybridized carbons (Fsp3) is 0.278. The van der Waals surface area contributed by atoms with E-state index in [1.165, 1.54) is 23.1 Å². The molecule has 0 saturated heterocycles. The van der Waals surface area contributed by atoms with E-state index >= 15 is 0 Å². The molecule has 0 aliphatic rings. The number of nitrogens with one attached hydrogen (secondary N) is 1. The van der Waals surface area contributed by atoms with Gasteiger partial charge < -0.3 is 5.32 Å². The molecule has 1 aromatic carbocycles. The van der Waals surface area contributed by atoms with Crippen molar-refractivity contribution in [3.05, 3.63) is 52.1 Å². The Bertz CT molecular complexity index is 934. The minimum absolute atomic E-state index is 0.0275. The molecule has 1 N–H and O–H groups in total. The maximum Gasteiger partial charge on any atom is 0.272 e. The Kier molecular flexibility index (Phi) is 5.55. The summed E-state index contributed by atoms with van der Waals surface area (Å²) in [6.45, 7) is 4.03. The van der Waals surface area contributed by atoms with Crippen LogP contribution in [0.1, 0.15) is 26.3 Å². The molecule has 0 aliphatic heterocycles. The predicted octanol–water partition coefficient (Wildman–Crippen LogP) is 4.16. The van der Waals surface area contributed by atoms with Gasteiger partial charge in [-0.25, -0.2) is 4.98 Å². The second-order valence-corrected chi connectivity index (χ2v) is 7.52. The Morgan fingerprint density at radius 3 is 2.80 bits per heavy atom. The molecule has 1 atom stereocenters.